The number of hydrogen-bond acceptors (Lipinski definition) is 5. The molecule has 1 N–H and O–H groups in total. The summed E-state index contributed by atoms with van der Waals surface area (Å²) in [6.45, 7) is 3.52. The maximum atomic E-state index is 13.2. The van der Waals surface area contributed by atoms with Gasteiger partial charge in [0, 0.05) is 31.7 Å². The Bertz CT molecular complexity index is 1210. The van der Waals surface area contributed by atoms with Gasteiger partial charge in [0.05, 0.1) is 18.0 Å². The quantitative estimate of drug-likeness (QED) is 0.591. The SMILES string of the molecule is COc1cccc([C@H](c2ccc(C)cc2)N2CCN(S(=O)(=O)c3ccc(F)cc3)CC2)c1O. The highest BCUT2D eigenvalue weighted by molar-refractivity contribution is 7.89. The summed E-state index contributed by atoms with van der Waals surface area (Å²) in [7, 11) is -2.20. The highest BCUT2D eigenvalue weighted by Gasteiger charge is 2.33. The van der Waals surface area contributed by atoms with Gasteiger partial charge in [-0.25, -0.2) is 12.8 Å². The lowest BCUT2D eigenvalue weighted by Gasteiger charge is -2.39. The molecule has 33 heavy (non-hydrogen) atoms. The average molecular weight is 471 g/mol. The summed E-state index contributed by atoms with van der Waals surface area (Å²) in [5.41, 5.74) is 2.83. The molecule has 0 aliphatic carbocycles. The number of aryl methyl sites for hydroxylation is 1. The number of benzene rings is 3. The van der Waals surface area contributed by atoms with Crippen molar-refractivity contribution in [2.75, 3.05) is 33.3 Å². The zero-order valence-corrected chi connectivity index (χ0v) is 19.4. The maximum Gasteiger partial charge on any atom is 0.243 e. The Morgan fingerprint density at radius 2 is 1.58 bits per heavy atom. The van der Waals surface area contributed by atoms with E-state index in [1.165, 1.54) is 23.5 Å². The van der Waals surface area contributed by atoms with E-state index in [-0.39, 0.29) is 29.8 Å². The summed E-state index contributed by atoms with van der Waals surface area (Å²) in [6, 6.07) is 18.1. The lowest BCUT2D eigenvalue weighted by molar-refractivity contribution is 0.154. The zero-order valence-electron chi connectivity index (χ0n) is 18.6. The second-order valence-electron chi connectivity index (χ2n) is 8.11. The van der Waals surface area contributed by atoms with E-state index in [1.54, 1.807) is 6.07 Å². The summed E-state index contributed by atoms with van der Waals surface area (Å²) < 4.78 is 46.0. The molecule has 0 bridgehead atoms. The minimum atomic E-state index is -3.71. The molecule has 4 rings (SSSR count). The first-order valence-corrected chi connectivity index (χ1v) is 12.2. The van der Waals surface area contributed by atoms with Gasteiger partial charge in [-0.2, -0.15) is 4.31 Å². The first-order valence-electron chi connectivity index (χ1n) is 10.7. The second-order valence-corrected chi connectivity index (χ2v) is 10.0. The van der Waals surface area contributed by atoms with Crippen molar-refractivity contribution in [1.82, 2.24) is 9.21 Å². The third kappa shape index (κ3) is 4.73. The molecule has 0 amide bonds. The standard InChI is InChI=1S/C25H27FN2O4S/c1-18-6-8-19(9-7-18)24(22-4-3-5-23(32-2)25(22)29)27-14-16-28(17-15-27)33(30,31)21-12-10-20(26)11-13-21/h3-13,24,29H,14-17H2,1-2H3/t24-/m0/s1. The van der Waals surface area contributed by atoms with Crippen molar-refractivity contribution in [3.05, 3.63) is 89.2 Å². The van der Waals surface area contributed by atoms with Crippen LogP contribution in [0, 0.1) is 12.7 Å². The molecule has 0 radical (unpaired) electrons. The molecule has 1 atom stereocenters. The second kappa shape index (κ2) is 9.51. The van der Waals surface area contributed by atoms with Crippen molar-refractivity contribution in [3.8, 4) is 11.5 Å². The molecule has 3 aromatic rings. The fraction of sp³-hybridized carbons (Fsp3) is 0.280. The van der Waals surface area contributed by atoms with Crippen molar-refractivity contribution in [2.24, 2.45) is 0 Å². The van der Waals surface area contributed by atoms with Crippen LogP contribution < -0.4 is 4.74 Å². The lowest BCUT2D eigenvalue weighted by Crippen LogP contribution is -2.49. The van der Waals surface area contributed by atoms with Crippen LogP contribution in [0.5, 0.6) is 11.5 Å². The number of aromatic hydroxyl groups is 1. The minimum absolute atomic E-state index is 0.0759. The third-order valence-corrected chi connectivity index (χ3v) is 7.94. The number of ether oxygens (including phenoxy) is 1. The van der Waals surface area contributed by atoms with Crippen LogP contribution >= 0.6 is 0 Å². The van der Waals surface area contributed by atoms with E-state index in [4.69, 9.17) is 4.74 Å². The van der Waals surface area contributed by atoms with Gasteiger partial charge < -0.3 is 9.84 Å². The van der Waals surface area contributed by atoms with Crippen molar-refractivity contribution in [3.63, 3.8) is 0 Å². The van der Waals surface area contributed by atoms with Crippen LogP contribution in [-0.4, -0.2) is 56.0 Å². The van der Waals surface area contributed by atoms with Crippen LogP contribution in [0.2, 0.25) is 0 Å². The Morgan fingerprint density at radius 1 is 0.939 bits per heavy atom. The Hall–Kier alpha value is -2.94. The molecule has 1 aliphatic rings. The first-order chi connectivity index (χ1) is 15.8. The zero-order chi connectivity index (χ0) is 23.6. The molecule has 8 heteroatoms. The molecule has 1 heterocycles. The molecular formula is C25H27FN2O4S. The predicted octanol–water partition coefficient (Wildman–Crippen LogP) is 3.94. The van der Waals surface area contributed by atoms with Crippen LogP contribution in [0.1, 0.15) is 22.7 Å². The van der Waals surface area contributed by atoms with Crippen LogP contribution in [0.25, 0.3) is 0 Å². The molecule has 3 aromatic carbocycles. The van der Waals surface area contributed by atoms with E-state index in [9.17, 15) is 17.9 Å². The van der Waals surface area contributed by atoms with E-state index >= 15 is 0 Å². The summed E-state index contributed by atoms with van der Waals surface area (Å²) in [5.74, 6) is -0.00752. The van der Waals surface area contributed by atoms with Gasteiger partial charge in [-0.15, -0.1) is 0 Å². The van der Waals surface area contributed by atoms with Crippen molar-refractivity contribution < 1.29 is 22.7 Å². The van der Waals surface area contributed by atoms with Crippen LogP contribution in [0.3, 0.4) is 0 Å². The molecule has 1 fully saturated rings. The molecular weight excluding hydrogens is 443 g/mol. The summed E-state index contributed by atoms with van der Waals surface area (Å²) >= 11 is 0. The van der Waals surface area contributed by atoms with Gasteiger partial charge in [0.2, 0.25) is 10.0 Å². The van der Waals surface area contributed by atoms with Gasteiger partial charge in [-0.1, -0.05) is 42.0 Å². The normalized spacial score (nSPS) is 16.5. The van der Waals surface area contributed by atoms with Crippen molar-refractivity contribution >= 4 is 10.0 Å². The molecule has 0 spiro atoms. The number of phenolic OH excluding ortho intramolecular Hbond substituents is 1. The van der Waals surface area contributed by atoms with Crippen LogP contribution in [0.4, 0.5) is 4.39 Å². The monoisotopic (exact) mass is 470 g/mol. The fourth-order valence-corrected chi connectivity index (χ4v) is 5.64. The Balaban J connectivity index is 1.62. The maximum absolute atomic E-state index is 13.2. The number of phenols is 1. The van der Waals surface area contributed by atoms with Crippen LogP contribution in [-0.2, 0) is 10.0 Å². The number of nitrogens with zero attached hydrogens (tertiary/aromatic N) is 2. The average Bonchev–Trinajstić information content (AvgIpc) is 2.82. The number of halogens is 1. The van der Waals surface area contributed by atoms with Crippen LogP contribution in [0.15, 0.2) is 71.6 Å². The van der Waals surface area contributed by atoms with E-state index < -0.39 is 15.8 Å². The highest BCUT2D eigenvalue weighted by atomic mass is 32.2. The van der Waals surface area contributed by atoms with Crippen molar-refractivity contribution in [2.45, 2.75) is 17.9 Å². The summed E-state index contributed by atoms with van der Waals surface area (Å²) in [5, 5.41) is 10.9. The van der Waals surface area contributed by atoms with E-state index in [1.807, 2.05) is 43.3 Å². The number of rotatable bonds is 6. The van der Waals surface area contributed by atoms with Gasteiger partial charge in [-0.05, 0) is 42.8 Å². The summed E-state index contributed by atoms with van der Waals surface area (Å²) in [6.07, 6.45) is 0. The highest BCUT2D eigenvalue weighted by Crippen LogP contribution is 2.40. The molecule has 174 valence electrons. The molecule has 0 unspecified atom stereocenters. The number of hydrogen-bond donors (Lipinski definition) is 1. The number of methoxy groups -OCH3 is 1. The Morgan fingerprint density at radius 3 is 2.18 bits per heavy atom. The van der Waals surface area contributed by atoms with E-state index in [0.29, 0.717) is 24.4 Å². The number of sulfonamides is 1. The molecule has 1 aliphatic heterocycles. The molecule has 0 saturated carbocycles. The fourth-order valence-electron chi connectivity index (χ4n) is 4.22. The van der Waals surface area contributed by atoms with E-state index in [0.717, 1.165) is 23.3 Å². The van der Waals surface area contributed by atoms with E-state index in [2.05, 4.69) is 4.90 Å². The molecule has 6 nitrogen and oxygen atoms in total. The molecule has 0 aromatic heterocycles. The predicted molar refractivity (Wildman–Crippen MR) is 124 cm³/mol. The minimum Gasteiger partial charge on any atom is -0.504 e. The lowest BCUT2D eigenvalue weighted by atomic mass is 9.94. The summed E-state index contributed by atoms with van der Waals surface area (Å²) in [4.78, 5) is 2.24. The van der Waals surface area contributed by atoms with Gasteiger partial charge >= 0.3 is 0 Å². The molecule has 1 saturated heterocycles. The number of para-hydroxylation sites is 1. The van der Waals surface area contributed by atoms with Crippen molar-refractivity contribution in [1.29, 1.82) is 0 Å². The smallest absolute Gasteiger partial charge is 0.243 e. The van der Waals surface area contributed by atoms with Gasteiger partial charge in [-0.3, -0.25) is 4.90 Å². The first kappa shape index (κ1) is 23.2. The Labute approximate surface area is 193 Å². The number of piperazine rings is 1. The third-order valence-electron chi connectivity index (χ3n) is 6.03. The Kier molecular flexibility index (Phi) is 6.69. The van der Waals surface area contributed by atoms with Gasteiger partial charge in [0.25, 0.3) is 0 Å². The largest absolute Gasteiger partial charge is 0.504 e. The topological polar surface area (TPSA) is 70.1 Å². The van der Waals surface area contributed by atoms with Gasteiger partial charge in [0.1, 0.15) is 5.82 Å². The van der Waals surface area contributed by atoms with Gasteiger partial charge in [0.15, 0.2) is 11.5 Å².